The van der Waals surface area contributed by atoms with E-state index in [2.05, 4.69) is 0 Å². The Bertz CT molecular complexity index is 1090. The van der Waals surface area contributed by atoms with Gasteiger partial charge >= 0.3 is 11.6 Å². The zero-order chi connectivity index (χ0) is 20.4. The third-order valence-electron chi connectivity index (χ3n) is 4.29. The van der Waals surface area contributed by atoms with Gasteiger partial charge in [-0.15, -0.1) is 0 Å². The van der Waals surface area contributed by atoms with Gasteiger partial charge in [-0.1, -0.05) is 0 Å². The summed E-state index contributed by atoms with van der Waals surface area (Å²) in [4.78, 5) is 24.1. The van der Waals surface area contributed by atoms with E-state index >= 15 is 0 Å². The Labute approximate surface area is 159 Å². The van der Waals surface area contributed by atoms with E-state index in [1.165, 1.54) is 34.5 Å². The summed E-state index contributed by atoms with van der Waals surface area (Å²) < 4.78 is 26.3. The summed E-state index contributed by atoms with van der Waals surface area (Å²) in [5.74, 6) is -0.398. The maximum Gasteiger partial charge on any atom is 0.372 e. The third-order valence-corrected chi connectivity index (χ3v) is 4.29. The molecule has 0 bridgehead atoms. The van der Waals surface area contributed by atoms with Gasteiger partial charge in [0.05, 0.1) is 33.8 Å². The molecule has 0 aliphatic carbocycles. The molecule has 0 aliphatic heterocycles. The first-order chi connectivity index (χ1) is 13.4. The summed E-state index contributed by atoms with van der Waals surface area (Å²) in [5, 5.41) is 10.2. The predicted molar refractivity (Wildman–Crippen MR) is 101 cm³/mol. The van der Waals surface area contributed by atoms with E-state index in [0.29, 0.717) is 33.9 Å². The fourth-order valence-electron chi connectivity index (χ4n) is 3.02. The molecule has 28 heavy (non-hydrogen) atoms. The normalized spacial score (nSPS) is 10.6. The highest BCUT2D eigenvalue weighted by Gasteiger charge is 2.24. The van der Waals surface area contributed by atoms with E-state index in [0.717, 1.165) is 0 Å². The van der Waals surface area contributed by atoms with E-state index in [9.17, 15) is 14.7 Å². The number of carboxylic acid groups (broad SMARTS) is 1. The van der Waals surface area contributed by atoms with Gasteiger partial charge in [-0.2, -0.15) is 0 Å². The second kappa shape index (κ2) is 7.51. The van der Waals surface area contributed by atoms with Crippen molar-refractivity contribution in [2.24, 2.45) is 0 Å². The molecule has 8 nitrogen and oxygen atoms in total. The van der Waals surface area contributed by atoms with Gasteiger partial charge < -0.3 is 28.5 Å². The van der Waals surface area contributed by atoms with Crippen LogP contribution in [0.4, 0.5) is 0 Å². The second-order valence-electron chi connectivity index (χ2n) is 5.72. The van der Waals surface area contributed by atoms with Crippen LogP contribution in [0.15, 0.2) is 39.5 Å². The molecule has 1 N–H and O–H groups in total. The number of aromatic carboxylic acids is 1. The maximum absolute atomic E-state index is 12.3. The number of ether oxygens (including phenoxy) is 4. The highest BCUT2D eigenvalue weighted by Crippen LogP contribution is 2.43. The molecule has 2 aromatic carbocycles. The summed E-state index contributed by atoms with van der Waals surface area (Å²) in [6.07, 6.45) is 0. The van der Waals surface area contributed by atoms with Gasteiger partial charge in [0.15, 0.2) is 11.5 Å². The van der Waals surface area contributed by atoms with Crippen LogP contribution in [0.25, 0.3) is 21.9 Å². The van der Waals surface area contributed by atoms with Crippen molar-refractivity contribution in [3.8, 4) is 34.1 Å². The number of hydrogen-bond donors (Lipinski definition) is 1. The van der Waals surface area contributed by atoms with Gasteiger partial charge in [-0.25, -0.2) is 9.59 Å². The van der Waals surface area contributed by atoms with E-state index < -0.39 is 17.4 Å². The van der Waals surface area contributed by atoms with Crippen molar-refractivity contribution in [2.45, 2.75) is 0 Å². The van der Waals surface area contributed by atoms with Crippen LogP contribution in [-0.4, -0.2) is 39.5 Å². The van der Waals surface area contributed by atoms with Gasteiger partial charge in [-0.3, -0.25) is 0 Å². The summed E-state index contributed by atoms with van der Waals surface area (Å²) in [7, 11) is 5.83. The van der Waals surface area contributed by atoms with Crippen LogP contribution in [0.3, 0.4) is 0 Å². The topological polar surface area (TPSA) is 104 Å². The molecule has 0 saturated heterocycles. The van der Waals surface area contributed by atoms with Crippen LogP contribution in [0.2, 0.25) is 0 Å². The minimum Gasteiger partial charge on any atom is -0.497 e. The Kier molecular flexibility index (Phi) is 5.12. The fraction of sp³-hybridized carbons (Fsp3) is 0.200. The van der Waals surface area contributed by atoms with Crippen LogP contribution in [-0.2, 0) is 0 Å². The highest BCUT2D eigenvalue weighted by atomic mass is 16.5. The molecule has 0 fully saturated rings. The van der Waals surface area contributed by atoms with Crippen LogP contribution < -0.4 is 24.6 Å². The standard InChI is InChI=1S/C20H18O8/c1-24-11-5-6-12-13(9-11)20(23)28-18(19(21)22)16(12)10-7-14(25-2)17(27-4)15(8-10)26-3/h5-9H,1-4H3,(H,21,22). The molecule has 0 saturated carbocycles. The molecule has 0 unspecified atom stereocenters. The first-order valence-electron chi connectivity index (χ1n) is 8.13. The Morgan fingerprint density at radius 1 is 0.893 bits per heavy atom. The van der Waals surface area contributed by atoms with E-state index in [-0.39, 0.29) is 10.9 Å². The summed E-state index contributed by atoms with van der Waals surface area (Å²) in [6, 6.07) is 7.92. The monoisotopic (exact) mass is 386 g/mol. The molecule has 0 radical (unpaired) electrons. The fourth-order valence-corrected chi connectivity index (χ4v) is 3.02. The Morgan fingerprint density at radius 3 is 2.04 bits per heavy atom. The smallest absolute Gasteiger partial charge is 0.372 e. The molecule has 146 valence electrons. The second-order valence-corrected chi connectivity index (χ2v) is 5.72. The Balaban J connectivity index is 2.45. The van der Waals surface area contributed by atoms with Crippen LogP contribution in [0.5, 0.6) is 23.0 Å². The largest absolute Gasteiger partial charge is 0.497 e. The van der Waals surface area contributed by atoms with Gasteiger partial charge in [0.1, 0.15) is 5.75 Å². The van der Waals surface area contributed by atoms with Gasteiger partial charge in [0, 0.05) is 10.9 Å². The van der Waals surface area contributed by atoms with Crippen LogP contribution in [0.1, 0.15) is 10.6 Å². The average molecular weight is 386 g/mol. The molecule has 8 heteroatoms. The lowest BCUT2D eigenvalue weighted by Gasteiger charge is -2.16. The Hall–Kier alpha value is -3.68. The molecule has 0 spiro atoms. The zero-order valence-corrected chi connectivity index (χ0v) is 15.7. The molecule has 0 atom stereocenters. The highest BCUT2D eigenvalue weighted by molar-refractivity contribution is 6.05. The molecule has 0 amide bonds. The first-order valence-corrected chi connectivity index (χ1v) is 8.13. The lowest BCUT2D eigenvalue weighted by molar-refractivity contribution is 0.0659. The SMILES string of the molecule is COc1ccc2c(-c3cc(OC)c(OC)c(OC)c3)c(C(=O)O)oc(=O)c2c1. The van der Waals surface area contributed by atoms with Crippen molar-refractivity contribution in [3.05, 3.63) is 46.5 Å². The van der Waals surface area contributed by atoms with Crippen molar-refractivity contribution in [1.29, 1.82) is 0 Å². The number of carboxylic acids is 1. The number of hydrogen-bond acceptors (Lipinski definition) is 7. The minimum atomic E-state index is -1.38. The van der Waals surface area contributed by atoms with Crippen molar-refractivity contribution in [1.82, 2.24) is 0 Å². The zero-order valence-electron chi connectivity index (χ0n) is 15.7. The number of methoxy groups -OCH3 is 4. The third kappa shape index (κ3) is 3.09. The van der Waals surface area contributed by atoms with Crippen molar-refractivity contribution in [2.75, 3.05) is 28.4 Å². The lowest BCUT2D eigenvalue weighted by Crippen LogP contribution is -2.10. The molecular weight excluding hydrogens is 368 g/mol. The summed E-state index contributed by atoms with van der Waals surface area (Å²) in [5.41, 5.74) is -0.141. The Morgan fingerprint density at radius 2 is 1.54 bits per heavy atom. The van der Waals surface area contributed by atoms with E-state index in [1.54, 1.807) is 24.3 Å². The maximum atomic E-state index is 12.3. The minimum absolute atomic E-state index is 0.188. The molecule has 3 rings (SSSR count). The van der Waals surface area contributed by atoms with Gasteiger partial charge in [0.25, 0.3) is 0 Å². The lowest BCUT2D eigenvalue weighted by atomic mass is 9.97. The molecule has 0 aliphatic rings. The van der Waals surface area contributed by atoms with E-state index in [4.69, 9.17) is 23.4 Å². The molecule has 1 aromatic heterocycles. The van der Waals surface area contributed by atoms with Crippen molar-refractivity contribution < 1.29 is 33.3 Å². The predicted octanol–water partition coefficient (Wildman–Crippen LogP) is 3.19. The van der Waals surface area contributed by atoms with Gasteiger partial charge in [-0.05, 0) is 35.9 Å². The number of carbonyl (C=O) groups is 1. The van der Waals surface area contributed by atoms with Crippen LogP contribution in [0, 0.1) is 0 Å². The van der Waals surface area contributed by atoms with Crippen molar-refractivity contribution in [3.63, 3.8) is 0 Å². The molecule has 3 aromatic rings. The molecular formula is C20H18O8. The summed E-state index contributed by atoms with van der Waals surface area (Å²) in [6.45, 7) is 0. The van der Waals surface area contributed by atoms with E-state index in [1.807, 2.05) is 0 Å². The first kappa shape index (κ1) is 19.1. The number of fused-ring (bicyclic) bond motifs is 1. The number of benzene rings is 2. The summed E-state index contributed by atoms with van der Waals surface area (Å²) >= 11 is 0. The van der Waals surface area contributed by atoms with Crippen molar-refractivity contribution >= 4 is 16.7 Å². The quantitative estimate of drug-likeness (QED) is 0.689. The average Bonchev–Trinajstić information content (AvgIpc) is 2.72. The molecule has 1 heterocycles. The number of rotatable bonds is 6. The van der Waals surface area contributed by atoms with Crippen LogP contribution >= 0.6 is 0 Å². The van der Waals surface area contributed by atoms with Gasteiger partial charge in [0.2, 0.25) is 11.5 Å².